The largest absolute Gasteiger partial charge is 0.493 e. The molecule has 4 aromatic carbocycles. The molecular formula is C76H108N12O24S4. The molecule has 0 spiro atoms. The molecule has 24 N–H and O–H groups in total. The fourth-order valence-electron chi connectivity index (χ4n) is 14.5. The molecule has 5 aliphatic rings. The van der Waals surface area contributed by atoms with Crippen LogP contribution in [0.25, 0.3) is 0 Å². The van der Waals surface area contributed by atoms with Crippen LogP contribution in [0, 0.1) is 0 Å². The third-order valence-electron chi connectivity index (χ3n) is 19.6. The van der Waals surface area contributed by atoms with Gasteiger partial charge in [-0.15, -0.1) is 0 Å². The highest BCUT2D eigenvalue weighted by Gasteiger charge is 2.49. The molecule has 36 nitrogen and oxygen atoms in total. The summed E-state index contributed by atoms with van der Waals surface area (Å²) in [6.45, 7) is 10.4. The average Bonchev–Trinajstić information content (AvgIpc) is 0.753. The molecule has 4 heterocycles. The summed E-state index contributed by atoms with van der Waals surface area (Å²) in [7, 11) is 0. The van der Waals surface area contributed by atoms with E-state index < -0.39 is 172 Å². The number of carbonyl (C=O) groups excluding carboxylic acids is 4. The Morgan fingerprint density at radius 3 is 0.638 bits per heavy atom. The van der Waals surface area contributed by atoms with Gasteiger partial charge < -0.3 is 163 Å². The lowest BCUT2D eigenvalue weighted by atomic mass is 9.90. The summed E-state index contributed by atoms with van der Waals surface area (Å²) in [6, 6.07) is 9.18. The lowest BCUT2D eigenvalue weighted by Crippen LogP contribution is -2.68. The Morgan fingerprint density at radius 1 is 0.319 bits per heavy atom. The number of thiocarbonyl (C=S) groups is 4. The van der Waals surface area contributed by atoms with Crippen LogP contribution < -0.4 is 82.7 Å². The lowest BCUT2D eigenvalue weighted by molar-refractivity contribution is -0.198. The first-order valence-electron chi connectivity index (χ1n) is 38.4. The van der Waals surface area contributed by atoms with Gasteiger partial charge in [0.1, 0.15) is 120 Å². The van der Waals surface area contributed by atoms with Gasteiger partial charge in [0.15, 0.2) is 45.4 Å². The standard InChI is InChI=1S/C76H108N12O24S4/c1-9-13-105-65-37-17-39-23-46(82-74(114)86-70-54(78-34(6)94)62(102)58(98)50(30-90)110-70)25-41(66(39)106-14-10-2)19-43-27-48(84-76(116)88-72-56(80-36(8)96)64(104)60(100)52(32-92)112-72)28-44(68(43)108-16-12-4)20-42-26-47(83-75(115)87-71-55(79-35(7)95)63(103)59(99)51(31-91)111-71)24-40(67(42)107-15-11-3)18-38(65)22-45(21-37)81-73(113)85-69-53(77-33(5)93)61(101)57(97)49(29-89)109-69/h21-28,49-64,69-72,89-92,97-104H,9-20,29-32H2,1-8H3,(H,77,93)(H,78,94)(H,79,95)(H,80,96)(H2,81,85,113)(H2,82,86,114)(H2,83,87,115)(H2,84,88,116)/t49-,50-,51-,52-,53-,54-,55-,56-,57-,58-,59-,60-,61-,62-,63-,64-,69-,70-,71-,72-/m1/s1. The molecule has 0 radical (unpaired) electrons. The predicted octanol–water partition coefficient (Wildman–Crippen LogP) is -1.56. The average molecular weight is 1700 g/mol. The minimum absolute atomic E-state index is 0.0319. The molecule has 20 atom stereocenters. The fraction of sp³-hybridized carbons (Fsp3) is 0.579. The molecule has 9 rings (SSSR count). The summed E-state index contributed by atoms with van der Waals surface area (Å²) in [5.74, 6) is -0.756. The molecule has 4 fully saturated rings. The first-order chi connectivity index (χ1) is 55.3. The van der Waals surface area contributed by atoms with Crippen LogP contribution in [0.1, 0.15) is 126 Å². The molecule has 4 saturated heterocycles. The van der Waals surface area contributed by atoms with Crippen molar-refractivity contribution in [3.63, 3.8) is 0 Å². The van der Waals surface area contributed by atoms with E-state index in [1.54, 1.807) is 48.5 Å². The van der Waals surface area contributed by atoms with Crippen LogP contribution in [-0.4, -0.2) is 281 Å². The van der Waals surface area contributed by atoms with Gasteiger partial charge in [0, 0.05) is 121 Å². The first-order valence-corrected chi connectivity index (χ1v) is 40.0. The van der Waals surface area contributed by atoms with Crippen molar-refractivity contribution in [2.75, 3.05) is 74.1 Å². The lowest BCUT2D eigenvalue weighted by Gasteiger charge is -2.43. The van der Waals surface area contributed by atoms with Gasteiger partial charge in [0.25, 0.3) is 0 Å². The Kier molecular flexibility index (Phi) is 33.8. The van der Waals surface area contributed by atoms with Crippen molar-refractivity contribution in [1.29, 1.82) is 0 Å². The third-order valence-corrected chi connectivity index (χ3v) is 20.5. The number of nitrogens with one attached hydrogen (secondary N) is 12. The van der Waals surface area contributed by atoms with Gasteiger partial charge in [-0.25, -0.2) is 0 Å². The number of fused-ring (bicyclic) bond motifs is 8. The van der Waals surface area contributed by atoms with Crippen LogP contribution >= 0.6 is 48.9 Å². The van der Waals surface area contributed by atoms with Gasteiger partial charge in [0.05, 0.1) is 52.9 Å². The Bertz CT molecular complexity index is 3520. The molecular weight excluding hydrogens is 1590 g/mol. The molecule has 8 bridgehead atoms. The third kappa shape index (κ3) is 23.3. The van der Waals surface area contributed by atoms with Crippen LogP contribution in [0.5, 0.6) is 23.0 Å². The summed E-state index contributed by atoms with van der Waals surface area (Å²) >= 11 is 24.2. The summed E-state index contributed by atoms with van der Waals surface area (Å²) < 4.78 is 52.1. The summed E-state index contributed by atoms with van der Waals surface area (Å²) in [5.41, 5.74) is 5.46. The van der Waals surface area contributed by atoms with Crippen LogP contribution in [0.3, 0.4) is 0 Å². The maximum absolute atomic E-state index is 12.7. The number of ether oxygens (including phenoxy) is 8. The number of aliphatic hydroxyl groups excluding tert-OH is 12. The molecule has 4 amide bonds. The van der Waals surface area contributed by atoms with Crippen molar-refractivity contribution in [2.45, 2.75) is 229 Å². The van der Waals surface area contributed by atoms with E-state index in [2.05, 4.69) is 63.8 Å². The minimum atomic E-state index is -1.64. The van der Waals surface area contributed by atoms with Gasteiger partial charge in [-0.2, -0.15) is 0 Å². The zero-order valence-corrected chi connectivity index (χ0v) is 68.6. The molecule has 0 unspecified atom stereocenters. The highest BCUT2D eigenvalue weighted by atomic mass is 32.1. The maximum atomic E-state index is 12.7. The Balaban J connectivity index is 1.30. The van der Waals surface area contributed by atoms with E-state index in [0.717, 1.165) is 0 Å². The van der Waals surface area contributed by atoms with Crippen LogP contribution in [-0.2, 0) is 63.8 Å². The summed E-state index contributed by atoms with van der Waals surface area (Å²) in [6.07, 6.45) is -21.7. The number of benzene rings is 4. The Hall–Kier alpha value is -7.92. The summed E-state index contributed by atoms with van der Waals surface area (Å²) in [4.78, 5) is 50.6. The van der Waals surface area contributed by atoms with Crippen LogP contribution in [0.4, 0.5) is 22.7 Å². The van der Waals surface area contributed by atoms with Crippen LogP contribution in [0.15, 0.2) is 48.5 Å². The Labute approximate surface area is 692 Å². The quantitative estimate of drug-likeness (QED) is 0.0252. The number of amides is 4. The van der Waals surface area contributed by atoms with Crippen molar-refractivity contribution >= 4 is 116 Å². The van der Waals surface area contributed by atoms with E-state index in [1.807, 2.05) is 27.7 Å². The number of anilines is 4. The second-order valence-corrected chi connectivity index (χ2v) is 30.6. The van der Waals surface area contributed by atoms with Crippen LogP contribution in [0.2, 0.25) is 0 Å². The van der Waals surface area contributed by atoms with Crippen molar-refractivity contribution in [3.8, 4) is 23.0 Å². The predicted molar refractivity (Wildman–Crippen MR) is 439 cm³/mol. The molecule has 40 heteroatoms. The number of rotatable bonds is 28. The zero-order valence-electron chi connectivity index (χ0n) is 65.4. The highest BCUT2D eigenvalue weighted by Crippen LogP contribution is 2.44. The van der Waals surface area contributed by atoms with E-state index >= 15 is 0 Å². The zero-order chi connectivity index (χ0) is 84.5. The van der Waals surface area contributed by atoms with Gasteiger partial charge in [-0.3, -0.25) is 19.2 Å². The van der Waals surface area contributed by atoms with Crippen molar-refractivity contribution in [2.24, 2.45) is 0 Å². The van der Waals surface area contributed by atoms with Gasteiger partial charge >= 0.3 is 0 Å². The summed E-state index contributed by atoms with van der Waals surface area (Å²) in [5, 5.41) is 166. The molecule has 116 heavy (non-hydrogen) atoms. The SMILES string of the molecule is CCCOc1c2cc(NC(=S)N[C@@H]3O[C@H](CO)[C@@H](O)[C@H](O)[C@H]3NC(C)=O)cc1Cc1cc(NC(=S)N[C@@H]3O[C@H](CO)[C@@H](O)[C@H](O)[C@H]3NC(C)=O)cc(c1OCCC)Cc1cc(NC(=S)N[C@@H]3O[C@H](CO)[C@@H](O)[C@H](O)[C@H]3NC(C)=O)cc(c1OCCC)Cc1cc(NC(=S)N[C@@H]3O[C@H](CO)[C@@H](O)[C@H](O)[C@H]3NC(C)=O)cc(c1OCCC)C2. The second kappa shape index (κ2) is 42.7. The molecule has 4 aromatic rings. The molecule has 0 saturated carbocycles. The van der Waals surface area contributed by atoms with E-state index in [1.165, 1.54) is 27.7 Å². The minimum Gasteiger partial charge on any atom is -0.493 e. The smallest absolute Gasteiger partial charge is 0.217 e. The number of hydrogen-bond acceptors (Lipinski definition) is 28. The monoisotopic (exact) mass is 1700 g/mol. The normalized spacial score (nSPS) is 27.6. The van der Waals surface area contributed by atoms with Gasteiger partial charge in [-0.1, -0.05) is 27.7 Å². The topological polar surface area (TPSA) is 529 Å². The molecule has 0 aromatic heterocycles. The first kappa shape index (κ1) is 92.0. The number of hydrogen-bond donors (Lipinski definition) is 24. The van der Waals surface area contributed by atoms with Crippen molar-refractivity contribution in [1.82, 2.24) is 42.5 Å². The van der Waals surface area contributed by atoms with Gasteiger partial charge in [0.2, 0.25) is 23.6 Å². The van der Waals surface area contributed by atoms with E-state index in [-0.39, 0.29) is 72.6 Å². The van der Waals surface area contributed by atoms with Crippen molar-refractivity contribution < 1.29 is 118 Å². The number of aliphatic hydroxyl groups is 12. The van der Waals surface area contributed by atoms with Crippen molar-refractivity contribution in [3.05, 3.63) is 93.0 Å². The molecule has 640 valence electrons. The Morgan fingerprint density at radius 2 is 0.491 bits per heavy atom. The number of carbonyl (C=O) groups is 4. The van der Waals surface area contributed by atoms with E-state index in [9.17, 15) is 80.5 Å². The van der Waals surface area contributed by atoms with Gasteiger partial charge in [-0.05, 0) is 123 Å². The maximum Gasteiger partial charge on any atom is 0.217 e. The molecule has 1 aliphatic carbocycles. The second-order valence-electron chi connectivity index (χ2n) is 28.9. The van der Waals surface area contributed by atoms with E-state index in [4.69, 9.17) is 86.8 Å². The molecule has 4 aliphatic heterocycles. The fourth-order valence-corrected chi connectivity index (χ4v) is 15.4. The van der Waals surface area contributed by atoms with E-state index in [0.29, 0.717) is 116 Å². The highest BCUT2D eigenvalue weighted by molar-refractivity contribution is 7.81.